The molecule has 0 aliphatic carbocycles. The van der Waals surface area contributed by atoms with Crippen LogP contribution in [-0.2, 0) is 9.59 Å². The lowest BCUT2D eigenvalue weighted by atomic mass is 10.1. The van der Waals surface area contributed by atoms with Gasteiger partial charge in [0.1, 0.15) is 18.7 Å². The number of aliphatic carboxylic acids is 1. The molecule has 1 amide bonds. The van der Waals surface area contributed by atoms with Gasteiger partial charge in [0.25, 0.3) is 0 Å². The maximum atomic E-state index is 11.6. The van der Waals surface area contributed by atoms with Gasteiger partial charge in [0.15, 0.2) is 6.04 Å². The topological polar surface area (TPSA) is 151 Å². The minimum Gasteiger partial charge on any atom is -0.480 e. The number of carbonyl (C=O) groups is 2. The lowest BCUT2D eigenvalue weighted by molar-refractivity contribution is -0.159. The van der Waals surface area contributed by atoms with Gasteiger partial charge in [0, 0.05) is 6.42 Å². The zero-order valence-corrected chi connectivity index (χ0v) is 20.0. The van der Waals surface area contributed by atoms with Crippen LogP contribution in [0.1, 0.15) is 98.8 Å². The van der Waals surface area contributed by atoms with Crippen LogP contribution in [0.3, 0.4) is 0 Å². The Balaban J connectivity index is 0. The second-order valence-corrected chi connectivity index (χ2v) is 8.05. The van der Waals surface area contributed by atoms with Crippen molar-refractivity contribution in [2.75, 3.05) is 0 Å². The van der Waals surface area contributed by atoms with Crippen molar-refractivity contribution < 1.29 is 35.1 Å². The second-order valence-electron chi connectivity index (χ2n) is 8.05. The lowest BCUT2D eigenvalue weighted by Crippen LogP contribution is -2.47. The van der Waals surface area contributed by atoms with E-state index in [1.807, 2.05) is 0 Å². The van der Waals surface area contributed by atoms with Gasteiger partial charge in [-0.05, 0) is 34.1 Å². The average Bonchev–Trinajstić information content (AvgIpc) is 2.63. The standard InChI is InChI=1S/C16H31NO4.C6H15NO3/c1-3-4-5-6-7-8-9-10-11-12-14(19)17-15(13(2)18)16(20)21;1-4(8)7(5(2)9)6(3)10/h13,15,18H,3-12H2,1-2H3,(H,17,19)(H,20,21);4-6,8-10H,1-3H3/t13-,15+;/m1./s1. The summed E-state index contributed by atoms with van der Waals surface area (Å²) in [4.78, 5) is 23.6. The van der Waals surface area contributed by atoms with Crippen molar-refractivity contribution in [2.45, 2.75) is 130 Å². The van der Waals surface area contributed by atoms with Gasteiger partial charge in [-0.1, -0.05) is 58.3 Å². The molecule has 5 atom stereocenters. The molecule has 0 heterocycles. The number of carboxylic acid groups (broad SMARTS) is 1. The highest BCUT2D eigenvalue weighted by molar-refractivity contribution is 5.83. The first-order valence-electron chi connectivity index (χ1n) is 11.5. The predicted molar refractivity (Wildman–Crippen MR) is 120 cm³/mol. The Hall–Kier alpha value is -1.26. The van der Waals surface area contributed by atoms with Gasteiger partial charge < -0.3 is 30.8 Å². The zero-order chi connectivity index (χ0) is 24.4. The van der Waals surface area contributed by atoms with Crippen molar-refractivity contribution >= 4 is 11.9 Å². The van der Waals surface area contributed by atoms with Gasteiger partial charge in [-0.2, -0.15) is 0 Å². The van der Waals surface area contributed by atoms with E-state index in [1.165, 1.54) is 71.1 Å². The van der Waals surface area contributed by atoms with E-state index in [2.05, 4.69) is 12.2 Å². The molecule has 6 N–H and O–H groups in total. The summed E-state index contributed by atoms with van der Waals surface area (Å²) in [7, 11) is 0. The number of carboxylic acids is 1. The van der Waals surface area contributed by atoms with Crippen LogP contribution in [-0.4, -0.2) is 73.1 Å². The van der Waals surface area contributed by atoms with E-state index in [9.17, 15) is 14.7 Å². The van der Waals surface area contributed by atoms with E-state index in [0.717, 1.165) is 19.3 Å². The predicted octanol–water partition coefficient (Wildman–Crippen LogP) is 2.16. The fourth-order valence-corrected chi connectivity index (χ4v) is 3.17. The molecular weight excluding hydrogens is 404 g/mol. The molecule has 0 rings (SSSR count). The zero-order valence-electron chi connectivity index (χ0n) is 20.0. The first-order chi connectivity index (χ1) is 14.4. The van der Waals surface area contributed by atoms with Crippen molar-refractivity contribution in [1.29, 1.82) is 0 Å². The summed E-state index contributed by atoms with van der Waals surface area (Å²) in [6.07, 6.45) is 7.27. The third-order valence-corrected chi connectivity index (χ3v) is 4.87. The van der Waals surface area contributed by atoms with E-state index in [-0.39, 0.29) is 5.91 Å². The van der Waals surface area contributed by atoms with Crippen molar-refractivity contribution in [2.24, 2.45) is 0 Å². The number of carbonyl (C=O) groups excluding carboxylic acids is 1. The molecular formula is C22H46N2O7. The summed E-state index contributed by atoms with van der Waals surface area (Å²) in [6, 6.07) is -1.21. The van der Waals surface area contributed by atoms with E-state index in [0.29, 0.717) is 6.42 Å². The molecule has 31 heavy (non-hydrogen) atoms. The molecule has 0 saturated heterocycles. The maximum Gasteiger partial charge on any atom is 0.328 e. The fourth-order valence-electron chi connectivity index (χ4n) is 3.17. The average molecular weight is 451 g/mol. The van der Waals surface area contributed by atoms with Gasteiger partial charge in [0.2, 0.25) is 5.91 Å². The molecule has 0 aromatic rings. The molecule has 0 aliphatic rings. The third-order valence-electron chi connectivity index (χ3n) is 4.87. The van der Waals surface area contributed by atoms with Crippen LogP contribution in [0.15, 0.2) is 0 Å². The quantitative estimate of drug-likeness (QED) is 0.155. The van der Waals surface area contributed by atoms with Gasteiger partial charge in [-0.3, -0.25) is 4.79 Å². The monoisotopic (exact) mass is 450 g/mol. The highest BCUT2D eigenvalue weighted by Crippen LogP contribution is 2.10. The molecule has 9 nitrogen and oxygen atoms in total. The Morgan fingerprint density at radius 2 is 1.13 bits per heavy atom. The molecule has 3 unspecified atom stereocenters. The van der Waals surface area contributed by atoms with Crippen molar-refractivity contribution in [1.82, 2.24) is 10.2 Å². The van der Waals surface area contributed by atoms with Gasteiger partial charge >= 0.3 is 5.97 Å². The number of hydrogen-bond donors (Lipinski definition) is 6. The van der Waals surface area contributed by atoms with E-state index < -0.39 is 36.8 Å². The lowest BCUT2D eigenvalue weighted by Gasteiger charge is -2.30. The number of aliphatic hydroxyl groups excluding tert-OH is 4. The van der Waals surface area contributed by atoms with Gasteiger partial charge in [-0.15, -0.1) is 0 Å². The molecule has 0 radical (unpaired) electrons. The minimum atomic E-state index is -1.21. The van der Waals surface area contributed by atoms with Crippen LogP contribution in [0.5, 0.6) is 0 Å². The Labute approximate surface area is 187 Å². The minimum absolute atomic E-state index is 0.300. The van der Waals surface area contributed by atoms with Crippen LogP contribution >= 0.6 is 0 Å². The van der Waals surface area contributed by atoms with E-state index in [1.54, 1.807) is 0 Å². The summed E-state index contributed by atoms with van der Waals surface area (Å²) in [5, 5.41) is 47.3. The third kappa shape index (κ3) is 18.1. The highest BCUT2D eigenvalue weighted by Gasteiger charge is 2.24. The second kappa shape index (κ2) is 19.4. The van der Waals surface area contributed by atoms with Crippen molar-refractivity contribution in [3.63, 3.8) is 0 Å². The van der Waals surface area contributed by atoms with Crippen LogP contribution in [0, 0.1) is 0 Å². The number of hydrogen-bond acceptors (Lipinski definition) is 7. The summed E-state index contributed by atoms with van der Waals surface area (Å²) >= 11 is 0. The summed E-state index contributed by atoms with van der Waals surface area (Å²) in [5.74, 6) is -1.50. The molecule has 0 fully saturated rings. The van der Waals surface area contributed by atoms with Crippen LogP contribution in [0.2, 0.25) is 0 Å². The SMILES string of the molecule is CC(O)N(C(C)O)C(C)O.CCCCCCCCCCCC(=O)N[C@H](C(=O)O)[C@@H](C)O. The largest absolute Gasteiger partial charge is 0.480 e. The number of rotatable bonds is 16. The first-order valence-corrected chi connectivity index (χ1v) is 11.5. The summed E-state index contributed by atoms with van der Waals surface area (Å²) < 4.78 is 0. The molecule has 0 aromatic carbocycles. The number of nitrogens with one attached hydrogen (secondary N) is 1. The Kier molecular flexibility index (Phi) is 20.0. The first kappa shape index (κ1) is 31.9. The Morgan fingerprint density at radius 3 is 1.42 bits per heavy atom. The van der Waals surface area contributed by atoms with E-state index >= 15 is 0 Å². The fraction of sp³-hybridized carbons (Fsp3) is 0.909. The van der Waals surface area contributed by atoms with Crippen molar-refractivity contribution in [3.8, 4) is 0 Å². The molecule has 0 aromatic heterocycles. The molecule has 0 aliphatic heterocycles. The summed E-state index contributed by atoms with van der Waals surface area (Å²) in [6.45, 7) is 8.02. The number of amides is 1. The number of unbranched alkanes of at least 4 members (excludes halogenated alkanes) is 8. The van der Waals surface area contributed by atoms with E-state index in [4.69, 9.17) is 20.4 Å². The smallest absolute Gasteiger partial charge is 0.328 e. The van der Waals surface area contributed by atoms with Crippen LogP contribution in [0.25, 0.3) is 0 Å². The Morgan fingerprint density at radius 1 is 0.742 bits per heavy atom. The normalized spacial score (nSPS) is 15.9. The molecule has 0 saturated carbocycles. The van der Waals surface area contributed by atoms with Crippen LogP contribution in [0.4, 0.5) is 0 Å². The molecule has 9 heteroatoms. The number of nitrogens with zero attached hydrogens (tertiary/aromatic N) is 1. The Bertz CT molecular complexity index is 438. The number of aliphatic hydroxyl groups is 4. The van der Waals surface area contributed by atoms with Crippen LogP contribution < -0.4 is 5.32 Å². The van der Waals surface area contributed by atoms with Gasteiger partial charge in [-0.25, -0.2) is 9.69 Å². The highest BCUT2D eigenvalue weighted by atomic mass is 16.4. The molecule has 0 bridgehead atoms. The van der Waals surface area contributed by atoms with Gasteiger partial charge in [0.05, 0.1) is 6.10 Å². The van der Waals surface area contributed by atoms with Crippen molar-refractivity contribution in [3.05, 3.63) is 0 Å². The molecule has 186 valence electrons. The summed E-state index contributed by atoms with van der Waals surface area (Å²) in [5.41, 5.74) is 0. The maximum absolute atomic E-state index is 11.6. The molecule has 0 spiro atoms.